The molecule has 0 bridgehead atoms. The maximum atomic E-state index is 12.3. The van der Waals surface area contributed by atoms with E-state index in [1.807, 2.05) is 55.5 Å². The van der Waals surface area contributed by atoms with Gasteiger partial charge in [-0.1, -0.05) is 18.2 Å². The Bertz CT molecular complexity index is 837. The van der Waals surface area contributed by atoms with Gasteiger partial charge in [0.2, 0.25) is 0 Å². The highest BCUT2D eigenvalue weighted by Crippen LogP contribution is 2.22. The highest BCUT2D eigenvalue weighted by Gasteiger charge is 2.09. The van der Waals surface area contributed by atoms with E-state index in [9.17, 15) is 4.79 Å². The topological polar surface area (TPSA) is 54.1 Å². The number of amides is 1. The van der Waals surface area contributed by atoms with E-state index < -0.39 is 0 Å². The lowest BCUT2D eigenvalue weighted by molar-refractivity contribution is 0.0951. The number of hydrogen-bond acceptors (Lipinski definition) is 2. The molecule has 0 saturated carbocycles. The van der Waals surface area contributed by atoms with Crippen LogP contribution >= 0.6 is 0 Å². The van der Waals surface area contributed by atoms with Crippen molar-refractivity contribution in [2.24, 2.45) is 0 Å². The Balaban J connectivity index is 1.51. The van der Waals surface area contributed by atoms with Crippen LogP contribution in [0.4, 0.5) is 0 Å². The first-order valence-corrected chi connectivity index (χ1v) is 8.20. The summed E-state index contributed by atoms with van der Waals surface area (Å²) in [5.74, 6) is 0.808. The summed E-state index contributed by atoms with van der Waals surface area (Å²) >= 11 is 0. The number of para-hydroxylation sites is 1. The largest absolute Gasteiger partial charge is 0.494 e. The Kier molecular flexibility index (Phi) is 4.85. The van der Waals surface area contributed by atoms with Gasteiger partial charge in [0.15, 0.2) is 0 Å². The molecule has 1 amide bonds. The molecule has 3 aromatic rings. The number of rotatable bonds is 6. The first-order chi connectivity index (χ1) is 11.6. The Morgan fingerprint density at radius 2 is 1.92 bits per heavy atom. The predicted molar refractivity (Wildman–Crippen MR) is 96.7 cm³/mol. The van der Waals surface area contributed by atoms with Gasteiger partial charge >= 0.3 is 0 Å². The number of aromatic amines is 1. The summed E-state index contributed by atoms with van der Waals surface area (Å²) in [6.07, 6.45) is 0.769. The Hall–Kier alpha value is -2.75. The second-order valence-corrected chi connectivity index (χ2v) is 5.91. The summed E-state index contributed by atoms with van der Waals surface area (Å²) in [4.78, 5) is 15.6. The minimum atomic E-state index is -0.0464. The van der Waals surface area contributed by atoms with E-state index in [1.165, 1.54) is 5.56 Å². The van der Waals surface area contributed by atoms with Gasteiger partial charge in [-0.2, -0.15) is 0 Å². The van der Waals surface area contributed by atoms with E-state index in [4.69, 9.17) is 4.74 Å². The second kappa shape index (κ2) is 7.21. The van der Waals surface area contributed by atoms with Gasteiger partial charge in [0.1, 0.15) is 5.75 Å². The number of carbonyl (C=O) groups excluding carboxylic acids is 1. The van der Waals surface area contributed by atoms with Crippen molar-refractivity contribution in [2.45, 2.75) is 20.3 Å². The molecule has 0 unspecified atom stereocenters. The molecule has 0 aliphatic heterocycles. The summed E-state index contributed by atoms with van der Waals surface area (Å²) in [5.41, 5.74) is 4.09. The molecule has 2 N–H and O–H groups in total. The van der Waals surface area contributed by atoms with Gasteiger partial charge in [-0.05, 0) is 56.2 Å². The summed E-state index contributed by atoms with van der Waals surface area (Å²) in [6, 6.07) is 15.5. The Labute approximate surface area is 141 Å². The molecular formula is C20H22N2O2. The van der Waals surface area contributed by atoms with Crippen LogP contribution in [0.15, 0.2) is 48.5 Å². The number of aryl methyl sites for hydroxylation is 2. The summed E-state index contributed by atoms with van der Waals surface area (Å²) < 4.78 is 5.61. The molecule has 1 aromatic heterocycles. The summed E-state index contributed by atoms with van der Waals surface area (Å²) in [7, 11) is 0. The third-order valence-electron chi connectivity index (χ3n) is 4.19. The number of nitrogens with one attached hydrogen (secondary N) is 2. The molecule has 0 spiro atoms. The third-order valence-corrected chi connectivity index (χ3v) is 4.19. The molecule has 24 heavy (non-hydrogen) atoms. The van der Waals surface area contributed by atoms with Gasteiger partial charge in [0.25, 0.3) is 5.91 Å². The van der Waals surface area contributed by atoms with Crippen LogP contribution in [0.1, 0.15) is 28.0 Å². The summed E-state index contributed by atoms with van der Waals surface area (Å²) in [5, 5.41) is 4.05. The van der Waals surface area contributed by atoms with E-state index >= 15 is 0 Å². The fraction of sp³-hybridized carbons (Fsp3) is 0.250. The molecule has 4 nitrogen and oxygen atoms in total. The molecule has 0 radical (unpaired) electrons. The molecule has 0 atom stereocenters. The van der Waals surface area contributed by atoms with Crippen LogP contribution in [0.3, 0.4) is 0 Å². The first-order valence-electron chi connectivity index (χ1n) is 8.20. The van der Waals surface area contributed by atoms with E-state index in [0.29, 0.717) is 18.7 Å². The zero-order valence-electron chi connectivity index (χ0n) is 14.1. The van der Waals surface area contributed by atoms with Crippen molar-refractivity contribution in [3.05, 3.63) is 65.4 Å². The predicted octanol–water partition coefficient (Wildman–Crippen LogP) is 3.98. The van der Waals surface area contributed by atoms with Crippen molar-refractivity contribution in [3.8, 4) is 5.75 Å². The molecule has 2 aromatic carbocycles. The maximum absolute atomic E-state index is 12.3. The average molecular weight is 322 g/mol. The first kappa shape index (κ1) is 16.1. The van der Waals surface area contributed by atoms with Gasteiger partial charge in [-0.15, -0.1) is 0 Å². The lowest BCUT2D eigenvalue weighted by atomic mass is 10.1. The molecule has 0 aliphatic rings. The number of ether oxygens (including phenoxy) is 1. The minimum absolute atomic E-state index is 0.0464. The molecule has 1 heterocycles. The van der Waals surface area contributed by atoms with Crippen molar-refractivity contribution in [1.82, 2.24) is 10.3 Å². The molecule has 4 heteroatoms. The van der Waals surface area contributed by atoms with Crippen LogP contribution in [-0.4, -0.2) is 24.0 Å². The quantitative estimate of drug-likeness (QED) is 0.674. The molecular weight excluding hydrogens is 300 g/mol. The van der Waals surface area contributed by atoms with E-state index in [1.54, 1.807) is 0 Å². The third kappa shape index (κ3) is 3.59. The van der Waals surface area contributed by atoms with Crippen molar-refractivity contribution in [1.29, 1.82) is 0 Å². The lowest BCUT2D eigenvalue weighted by Gasteiger charge is -2.07. The number of benzene rings is 2. The number of hydrogen-bond donors (Lipinski definition) is 2. The van der Waals surface area contributed by atoms with Crippen LogP contribution in [0.25, 0.3) is 10.9 Å². The minimum Gasteiger partial charge on any atom is -0.494 e. The highest BCUT2D eigenvalue weighted by atomic mass is 16.5. The second-order valence-electron chi connectivity index (χ2n) is 5.91. The van der Waals surface area contributed by atoms with Gasteiger partial charge in [0, 0.05) is 28.7 Å². The van der Waals surface area contributed by atoms with Crippen LogP contribution in [0, 0.1) is 13.8 Å². The number of aromatic nitrogens is 1. The number of carbonyl (C=O) groups is 1. The van der Waals surface area contributed by atoms with Gasteiger partial charge in [-0.25, -0.2) is 0 Å². The summed E-state index contributed by atoms with van der Waals surface area (Å²) in [6.45, 7) is 5.28. The van der Waals surface area contributed by atoms with Gasteiger partial charge in [0.05, 0.1) is 6.61 Å². The lowest BCUT2D eigenvalue weighted by Crippen LogP contribution is -2.25. The number of fused-ring (bicyclic) bond motifs is 1. The van der Waals surface area contributed by atoms with Crippen molar-refractivity contribution >= 4 is 16.8 Å². The maximum Gasteiger partial charge on any atom is 0.251 e. The fourth-order valence-corrected chi connectivity index (χ4v) is 2.69. The van der Waals surface area contributed by atoms with Crippen LogP contribution in [-0.2, 0) is 0 Å². The molecule has 0 fully saturated rings. The van der Waals surface area contributed by atoms with Gasteiger partial charge in [-0.3, -0.25) is 4.79 Å². The molecule has 124 valence electrons. The Morgan fingerprint density at radius 3 is 2.71 bits per heavy atom. The highest BCUT2D eigenvalue weighted by molar-refractivity contribution is 5.99. The fourth-order valence-electron chi connectivity index (χ4n) is 2.69. The van der Waals surface area contributed by atoms with E-state index in [-0.39, 0.29) is 5.91 Å². The molecule has 0 aliphatic carbocycles. The van der Waals surface area contributed by atoms with Crippen LogP contribution < -0.4 is 10.1 Å². The Morgan fingerprint density at radius 1 is 1.12 bits per heavy atom. The smallest absolute Gasteiger partial charge is 0.251 e. The standard InChI is InChI=1S/C20H22N2O2/c1-14-15(2)22-19-10-9-16(13-18(14)19)20(23)21-11-6-12-24-17-7-4-3-5-8-17/h3-5,7-10,13,22H,6,11-12H2,1-2H3,(H,21,23). The van der Waals surface area contributed by atoms with E-state index in [2.05, 4.69) is 17.2 Å². The molecule has 3 rings (SSSR count). The molecule has 0 saturated heterocycles. The van der Waals surface area contributed by atoms with Crippen molar-refractivity contribution in [3.63, 3.8) is 0 Å². The van der Waals surface area contributed by atoms with Gasteiger partial charge < -0.3 is 15.0 Å². The van der Waals surface area contributed by atoms with Crippen LogP contribution in [0.5, 0.6) is 5.75 Å². The monoisotopic (exact) mass is 322 g/mol. The normalized spacial score (nSPS) is 10.8. The number of H-pyrrole nitrogens is 1. The zero-order chi connectivity index (χ0) is 16.9. The van der Waals surface area contributed by atoms with Crippen LogP contribution in [0.2, 0.25) is 0 Å². The van der Waals surface area contributed by atoms with Crippen molar-refractivity contribution < 1.29 is 9.53 Å². The average Bonchev–Trinajstić information content (AvgIpc) is 2.89. The van der Waals surface area contributed by atoms with Crippen molar-refractivity contribution in [2.75, 3.05) is 13.2 Å². The van der Waals surface area contributed by atoms with E-state index in [0.717, 1.165) is 28.8 Å². The zero-order valence-corrected chi connectivity index (χ0v) is 14.1. The SMILES string of the molecule is Cc1[nH]c2ccc(C(=O)NCCCOc3ccccc3)cc2c1C.